The van der Waals surface area contributed by atoms with Gasteiger partial charge in [0, 0.05) is 17.7 Å². The van der Waals surface area contributed by atoms with Crippen molar-refractivity contribution >= 4 is 40.5 Å². The fourth-order valence-electron chi connectivity index (χ4n) is 1.55. The molecule has 0 bridgehead atoms. The molecule has 0 fully saturated rings. The second kappa shape index (κ2) is 8.76. The van der Waals surface area contributed by atoms with E-state index >= 15 is 0 Å². The third-order valence-corrected chi connectivity index (χ3v) is 2.93. The van der Waals surface area contributed by atoms with E-state index < -0.39 is 23.9 Å². The molecule has 1 rings (SSSR count). The quantitative estimate of drug-likeness (QED) is 0.204. The van der Waals surface area contributed by atoms with Crippen LogP contribution in [0.1, 0.15) is 12.5 Å². The van der Waals surface area contributed by atoms with Crippen molar-refractivity contribution < 1.29 is 40.0 Å². The van der Waals surface area contributed by atoms with Gasteiger partial charge >= 0.3 is 12.3 Å². The zero-order valence-corrected chi connectivity index (χ0v) is 14.6. The first-order valence-electron chi connectivity index (χ1n) is 6.36. The molecule has 0 radical (unpaired) electrons. The third kappa shape index (κ3) is 6.26. The number of hydrogen-bond acceptors (Lipinski definition) is 6. The van der Waals surface area contributed by atoms with E-state index in [9.17, 15) is 22.8 Å². The van der Waals surface area contributed by atoms with Gasteiger partial charge in [0.1, 0.15) is 17.3 Å². The Balaban J connectivity index is 3.22. The summed E-state index contributed by atoms with van der Waals surface area (Å²) in [6, 6.07) is 3.31. The van der Waals surface area contributed by atoms with Crippen LogP contribution in [0, 0.1) is 0 Å². The van der Waals surface area contributed by atoms with Gasteiger partial charge in [0.15, 0.2) is 23.0 Å². The van der Waals surface area contributed by atoms with E-state index in [-0.39, 0.29) is 23.7 Å². The normalized spacial score (nSPS) is 11.7. The molecule has 132 valence electrons. The van der Waals surface area contributed by atoms with Crippen LogP contribution in [0.2, 0.25) is 0 Å². The maximum absolute atomic E-state index is 12.4. The Bertz CT molecular complexity index is 642. The number of esters is 1. The second-order valence-corrected chi connectivity index (χ2v) is 4.56. The molecule has 0 heterocycles. The number of rotatable bonds is 7. The van der Waals surface area contributed by atoms with E-state index in [1.54, 1.807) is 0 Å². The Morgan fingerprint density at radius 1 is 1.21 bits per heavy atom. The number of carbonyl (C=O) groups is 2. The summed E-state index contributed by atoms with van der Waals surface area (Å²) in [6.45, 7) is 1.52. The highest BCUT2D eigenvalue weighted by Crippen LogP contribution is 2.32. The van der Waals surface area contributed by atoms with Crippen LogP contribution in [-0.4, -0.2) is 31.8 Å². The minimum Gasteiger partial charge on any atom is -0.497 e. The van der Waals surface area contributed by atoms with Gasteiger partial charge in [-0.3, -0.25) is 4.79 Å². The van der Waals surface area contributed by atoms with Crippen LogP contribution in [0.25, 0.3) is 5.76 Å². The maximum atomic E-state index is 12.4. The van der Waals surface area contributed by atoms with Gasteiger partial charge in [0.2, 0.25) is 0 Å². The van der Waals surface area contributed by atoms with Crippen LogP contribution >= 0.6 is 23.0 Å². The number of carbonyl (C=O) groups excluding carboxylic acids is 2. The third-order valence-electron chi connectivity index (χ3n) is 2.46. The number of ether oxygens (including phenoxy) is 3. The van der Waals surface area contributed by atoms with Crippen molar-refractivity contribution in [2.75, 3.05) is 13.7 Å². The molecule has 1 aromatic carbocycles. The topological polar surface area (TPSA) is 71.1 Å². The van der Waals surface area contributed by atoms with E-state index in [0.29, 0.717) is 0 Å². The average Bonchev–Trinajstić information content (AvgIpc) is 2.50. The minimum atomic E-state index is -4.90. The van der Waals surface area contributed by atoms with Gasteiger partial charge in [-0.15, -0.1) is 13.2 Å². The number of methoxy groups -OCH3 is 1. The van der Waals surface area contributed by atoms with E-state index in [0.717, 1.165) is 18.2 Å². The first-order valence-corrected chi connectivity index (χ1v) is 7.24. The lowest BCUT2D eigenvalue weighted by molar-refractivity contribution is -0.274. The van der Waals surface area contributed by atoms with Crippen molar-refractivity contribution in [1.82, 2.24) is 0 Å². The second-order valence-electron chi connectivity index (χ2n) is 4.12. The zero-order chi connectivity index (χ0) is 18.3. The summed E-state index contributed by atoms with van der Waals surface area (Å²) in [5, 5.41) is 0. The molecule has 0 aliphatic heterocycles. The van der Waals surface area contributed by atoms with Gasteiger partial charge in [0.05, 0.1) is 13.7 Å². The molecule has 0 amide bonds. The molecular weight excluding hydrogens is 448 g/mol. The number of ketones is 1. The Morgan fingerprint density at radius 3 is 2.33 bits per heavy atom. The lowest BCUT2D eigenvalue weighted by Gasteiger charge is -2.12. The molecule has 24 heavy (non-hydrogen) atoms. The molecule has 0 saturated heterocycles. The van der Waals surface area contributed by atoms with Gasteiger partial charge in [0.25, 0.3) is 5.78 Å². The van der Waals surface area contributed by atoms with Crippen molar-refractivity contribution in [1.29, 1.82) is 0 Å². The van der Waals surface area contributed by atoms with Crippen LogP contribution < -0.4 is 9.47 Å². The summed E-state index contributed by atoms with van der Waals surface area (Å²) in [7, 11) is 1.24. The predicted molar refractivity (Wildman–Crippen MR) is 84.4 cm³/mol. The van der Waals surface area contributed by atoms with E-state index in [2.05, 4.69) is 9.47 Å². The van der Waals surface area contributed by atoms with Crippen molar-refractivity contribution in [3.05, 3.63) is 29.8 Å². The SMILES string of the molecule is CCOC(=O)C(=O)/C=C(\OI)c1cc(OC)cc(OC(F)(F)F)c1. The van der Waals surface area contributed by atoms with Gasteiger partial charge in [-0.25, -0.2) is 4.79 Å². The fraction of sp³-hybridized carbons (Fsp3) is 0.286. The Hall–Kier alpha value is -1.98. The summed E-state index contributed by atoms with van der Waals surface area (Å²) < 4.78 is 55.3. The standard InChI is InChI=1S/C14H12F3IO6/c1-3-22-13(20)11(19)7-12(24-18)8-4-9(21-2)6-10(5-8)23-14(15,16)17/h4-7H,3H2,1-2H3/b12-7-. The van der Waals surface area contributed by atoms with Gasteiger partial charge in [-0.2, -0.15) is 0 Å². The molecule has 0 spiro atoms. The monoisotopic (exact) mass is 460 g/mol. The van der Waals surface area contributed by atoms with Crippen LogP contribution in [0.5, 0.6) is 11.5 Å². The number of alkyl halides is 3. The number of benzene rings is 1. The number of halogens is 4. The van der Waals surface area contributed by atoms with Crippen LogP contribution in [0.4, 0.5) is 13.2 Å². The molecule has 6 nitrogen and oxygen atoms in total. The van der Waals surface area contributed by atoms with Gasteiger partial charge in [-0.1, -0.05) is 0 Å². The Kier molecular flexibility index (Phi) is 7.32. The van der Waals surface area contributed by atoms with Crippen molar-refractivity contribution in [2.45, 2.75) is 13.3 Å². The Labute approximate surface area is 149 Å². The average molecular weight is 460 g/mol. The van der Waals surface area contributed by atoms with Crippen molar-refractivity contribution in [3.63, 3.8) is 0 Å². The first kappa shape index (κ1) is 20.1. The molecule has 0 unspecified atom stereocenters. The highest BCUT2D eigenvalue weighted by molar-refractivity contribution is 14.1. The summed E-state index contributed by atoms with van der Waals surface area (Å²) in [5.41, 5.74) is 0.0423. The molecule has 0 atom stereocenters. The predicted octanol–water partition coefficient (Wildman–Crippen LogP) is 3.43. The zero-order valence-electron chi connectivity index (χ0n) is 12.5. The van der Waals surface area contributed by atoms with E-state index in [1.807, 2.05) is 0 Å². The van der Waals surface area contributed by atoms with Crippen LogP contribution in [-0.2, 0) is 17.4 Å². The van der Waals surface area contributed by atoms with Crippen LogP contribution in [0.15, 0.2) is 24.3 Å². The lowest BCUT2D eigenvalue weighted by atomic mass is 10.1. The fourth-order valence-corrected chi connectivity index (χ4v) is 1.94. The highest BCUT2D eigenvalue weighted by atomic mass is 127. The van der Waals surface area contributed by atoms with Gasteiger partial charge in [-0.05, 0) is 19.1 Å². The van der Waals surface area contributed by atoms with Crippen molar-refractivity contribution in [2.24, 2.45) is 0 Å². The summed E-state index contributed by atoms with van der Waals surface area (Å²) >= 11 is 1.42. The molecular formula is C14H12F3IO6. The summed E-state index contributed by atoms with van der Waals surface area (Å²) in [5.74, 6) is -2.84. The molecule has 0 N–H and O–H groups in total. The lowest BCUT2D eigenvalue weighted by Crippen LogP contribution is -2.17. The van der Waals surface area contributed by atoms with Gasteiger partial charge < -0.3 is 17.3 Å². The summed E-state index contributed by atoms with van der Waals surface area (Å²) in [6.07, 6.45) is -4.10. The first-order chi connectivity index (χ1) is 11.2. The molecule has 0 aliphatic carbocycles. The summed E-state index contributed by atoms with van der Waals surface area (Å²) in [4.78, 5) is 23.0. The van der Waals surface area contributed by atoms with E-state index in [4.69, 9.17) is 7.80 Å². The van der Waals surface area contributed by atoms with Crippen LogP contribution in [0.3, 0.4) is 0 Å². The molecule has 10 heteroatoms. The number of hydrogen-bond donors (Lipinski definition) is 0. The minimum absolute atomic E-state index is 0.00156. The molecule has 0 aliphatic rings. The largest absolute Gasteiger partial charge is 0.573 e. The maximum Gasteiger partial charge on any atom is 0.573 e. The highest BCUT2D eigenvalue weighted by Gasteiger charge is 2.31. The molecule has 0 aromatic heterocycles. The smallest absolute Gasteiger partial charge is 0.497 e. The molecule has 1 aromatic rings. The Morgan fingerprint density at radius 2 is 1.83 bits per heavy atom. The molecule has 0 saturated carbocycles. The van der Waals surface area contributed by atoms with E-state index in [1.165, 1.54) is 43.1 Å². The van der Waals surface area contributed by atoms with Crippen molar-refractivity contribution in [3.8, 4) is 11.5 Å².